The predicted octanol–water partition coefficient (Wildman–Crippen LogP) is 3.34. The normalized spacial score (nSPS) is 11.4. The third kappa shape index (κ3) is 3.85. The molecule has 0 atom stereocenters. The molecule has 0 spiro atoms. The van der Waals surface area contributed by atoms with Gasteiger partial charge in [-0.2, -0.15) is 0 Å². The zero-order chi connectivity index (χ0) is 15.6. The molecule has 2 rings (SSSR count). The molecule has 0 unspecified atom stereocenters. The lowest BCUT2D eigenvalue weighted by atomic mass is 10.2. The molecular formula is C13H11ClFIN2O2S. The van der Waals surface area contributed by atoms with E-state index < -0.39 is 20.7 Å². The van der Waals surface area contributed by atoms with Crippen LogP contribution in [0.3, 0.4) is 0 Å². The maximum Gasteiger partial charge on any atom is 0.264 e. The maximum absolute atomic E-state index is 14.2. The molecule has 0 bridgehead atoms. The zero-order valence-electron chi connectivity index (χ0n) is 10.6. The highest BCUT2D eigenvalue weighted by Crippen LogP contribution is 2.25. The summed E-state index contributed by atoms with van der Waals surface area (Å²) in [5.74, 6) is -0.889. The van der Waals surface area contributed by atoms with Crippen molar-refractivity contribution in [3.05, 3.63) is 56.4 Å². The summed E-state index contributed by atoms with van der Waals surface area (Å²) in [6.07, 6.45) is 0. The first-order valence-corrected chi connectivity index (χ1v) is 8.74. The molecule has 0 aliphatic heterocycles. The van der Waals surface area contributed by atoms with Gasteiger partial charge in [-0.3, -0.25) is 4.72 Å². The molecule has 4 nitrogen and oxygen atoms in total. The molecule has 0 aliphatic carbocycles. The Morgan fingerprint density at radius 1 is 1.24 bits per heavy atom. The summed E-state index contributed by atoms with van der Waals surface area (Å²) in [5.41, 5.74) is 5.77. The number of sulfonamides is 1. The van der Waals surface area contributed by atoms with E-state index in [1.807, 2.05) is 0 Å². The number of halogens is 3. The minimum Gasteiger partial charge on any atom is -0.326 e. The molecular weight excluding hydrogens is 430 g/mol. The van der Waals surface area contributed by atoms with Crippen molar-refractivity contribution in [2.45, 2.75) is 11.4 Å². The van der Waals surface area contributed by atoms with Crippen LogP contribution in [0.15, 0.2) is 41.3 Å². The SMILES string of the molecule is NCc1cc(Cl)cc(S(=O)(=O)Nc2ccc(I)cc2)c1F. The molecule has 0 saturated carbocycles. The number of rotatable bonds is 4. The minimum absolute atomic E-state index is 0.0467. The van der Waals surface area contributed by atoms with Crippen molar-refractivity contribution in [3.63, 3.8) is 0 Å². The van der Waals surface area contributed by atoms with Crippen molar-refractivity contribution in [3.8, 4) is 0 Å². The van der Waals surface area contributed by atoms with Crippen LogP contribution in [-0.2, 0) is 16.6 Å². The molecule has 2 aromatic rings. The van der Waals surface area contributed by atoms with Gasteiger partial charge in [0.15, 0.2) is 0 Å². The summed E-state index contributed by atoms with van der Waals surface area (Å²) in [6.45, 7) is -0.140. The summed E-state index contributed by atoms with van der Waals surface area (Å²) >= 11 is 7.91. The summed E-state index contributed by atoms with van der Waals surface area (Å²) < 4.78 is 42.0. The van der Waals surface area contributed by atoms with Crippen molar-refractivity contribution < 1.29 is 12.8 Å². The van der Waals surface area contributed by atoms with E-state index in [0.29, 0.717) is 5.69 Å². The van der Waals surface area contributed by atoms with E-state index >= 15 is 0 Å². The average Bonchev–Trinajstić information content (AvgIpc) is 2.43. The van der Waals surface area contributed by atoms with Crippen molar-refractivity contribution in [1.82, 2.24) is 0 Å². The van der Waals surface area contributed by atoms with Crippen LogP contribution < -0.4 is 10.5 Å². The lowest BCUT2D eigenvalue weighted by molar-refractivity contribution is 0.561. The third-order valence-electron chi connectivity index (χ3n) is 2.69. The van der Waals surface area contributed by atoms with E-state index in [1.165, 1.54) is 6.07 Å². The molecule has 0 aliphatic rings. The Labute approximate surface area is 140 Å². The van der Waals surface area contributed by atoms with Gasteiger partial charge in [0.1, 0.15) is 10.7 Å². The van der Waals surface area contributed by atoms with Crippen LogP contribution in [0.4, 0.5) is 10.1 Å². The van der Waals surface area contributed by atoms with Crippen LogP contribution in [-0.4, -0.2) is 8.42 Å². The van der Waals surface area contributed by atoms with Crippen LogP contribution in [0, 0.1) is 9.39 Å². The number of hydrogen-bond acceptors (Lipinski definition) is 3. The van der Waals surface area contributed by atoms with E-state index in [4.69, 9.17) is 17.3 Å². The Morgan fingerprint density at radius 3 is 2.43 bits per heavy atom. The number of nitrogens with one attached hydrogen (secondary N) is 1. The fraction of sp³-hybridized carbons (Fsp3) is 0.0769. The lowest BCUT2D eigenvalue weighted by Crippen LogP contribution is -2.16. The largest absolute Gasteiger partial charge is 0.326 e. The number of hydrogen-bond donors (Lipinski definition) is 2. The Balaban J connectivity index is 2.44. The Hall–Kier alpha value is -0.900. The highest BCUT2D eigenvalue weighted by molar-refractivity contribution is 14.1. The first-order chi connectivity index (χ1) is 9.83. The molecule has 112 valence electrons. The number of anilines is 1. The zero-order valence-corrected chi connectivity index (χ0v) is 14.3. The second kappa shape index (κ2) is 6.47. The molecule has 0 fully saturated rings. The van der Waals surface area contributed by atoms with E-state index in [-0.39, 0.29) is 17.1 Å². The smallest absolute Gasteiger partial charge is 0.264 e. The highest BCUT2D eigenvalue weighted by atomic mass is 127. The first-order valence-electron chi connectivity index (χ1n) is 5.80. The molecule has 0 radical (unpaired) electrons. The van der Waals surface area contributed by atoms with Crippen LogP contribution in [0.2, 0.25) is 5.02 Å². The fourth-order valence-corrected chi connectivity index (χ4v) is 3.56. The summed E-state index contributed by atoms with van der Waals surface area (Å²) in [5, 5.41) is 0.111. The molecule has 0 saturated heterocycles. The highest BCUT2D eigenvalue weighted by Gasteiger charge is 2.22. The van der Waals surface area contributed by atoms with Crippen molar-refractivity contribution in [1.29, 1.82) is 0 Å². The van der Waals surface area contributed by atoms with Gasteiger partial charge < -0.3 is 5.73 Å². The van der Waals surface area contributed by atoms with Crippen LogP contribution in [0.25, 0.3) is 0 Å². The average molecular weight is 441 g/mol. The van der Waals surface area contributed by atoms with E-state index in [9.17, 15) is 12.8 Å². The quantitative estimate of drug-likeness (QED) is 0.716. The molecule has 0 aromatic heterocycles. The number of benzene rings is 2. The van der Waals surface area contributed by atoms with Crippen LogP contribution in [0.1, 0.15) is 5.56 Å². The van der Waals surface area contributed by atoms with Crippen LogP contribution >= 0.6 is 34.2 Å². The molecule has 0 heterocycles. The van der Waals surface area contributed by atoms with E-state index in [1.54, 1.807) is 24.3 Å². The second-order valence-corrected chi connectivity index (χ2v) is 7.53. The van der Waals surface area contributed by atoms with Crippen LogP contribution in [0.5, 0.6) is 0 Å². The predicted molar refractivity (Wildman–Crippen MR) is 89.3 cm³/mol. The summed E-state index contributed by atoms with van der Waals surface area (Å²) in [6, 6.07) is 9.01. The van der Waals surface area contributed by atoms with Crippen molar-refractivity contribution in [2.75, 3.05) is 4.72 Å². The molecule has 2 aromatic carbocycles. The molecule has 21 heavy (non-hydrogen) atoms. The fourth-order valence-electron chi connectivity index (χ4n) is 1.69. The van der Waals surface area contributed by atoms with Crippen molar-refractivity contribution >= 4 is 49.9 Å². The Kier molecular flexibility index (Phi) is 5.07. The van der Waals surface area contributed by atoms with E-state index in [2.05, 4.69) is 27.3 Å². The topological polar surface area (TPSA) is 72.2 Å². The molecule has 0 amide bonds. The Bertz CT molecular complexity index is 766. The first kappa shape index (κ1) is 16.5. The van der Waals surface area contributed by atoms with Gasteiger partial charge in [-0.25, -0.2) is 12.8 Å². The lowest BCUT2D eigenvalue weighted by Gasteiger charge is -2.11. The van der Waals surface area contributed by atoms with Gasteiger partial charge in [-0.05, 0) is 59.0 Å². The monoisotopic (exact) mass is 440 g/mol. The summed E-state index contributed by atoms with van der Waals surface area (Å²) in [7, 11) is -4.08. The van der Waals surface area contributed by atoms with Gasteiger partial charge in [0.05, 0.1) is 0 Å². The maximum atomic E-state index is 14.2. The Morgan fingerprint density at radius 2 is 1.86 bits per heavy atom. The van der Waals surface area contributed by atoms with Gasteiger partial charge in [0.25, 0.3) is 10.0 Å². The van der Waals surface area contributed by atoms with Crippen molar-refractivity contribution in [2.24, 2.45) is 5.73 Å². The van der Waals surface area contributed by atoms with Gasteiger partial charge >= 0.3 is 0 Å². The molecule has 3 N–H and O–H groups in total. The summed E-state index contributed by atoms with van der Waals surface area (Å²) in [4.78, 5) is -0.519. The third-order valence-corrected chi connectivity index (χ3v) is 5.00. The van der Waals surface area contributed by atoms with E-state index in [0.717, 1.165) is 9.64 Å². The number of nitrogens with two attached hydrogens (primary N) is 1. The van der Waals surface area contributed by atoms with Gasteiger partial charge in [0.2, 0.25) is 0 Å². The molecule has 8 heteroatoms. The van der Waals surface area contributed by atoms with Gasteiger partial charge in [0, 0.05) is 26.4 Å². The standard InChI is InChI=1S/C13H11ClFIN2O2S/c14-9-5-8(7-17)13(15)12(6-9)21(19,20)18-11-3-1-10(16)2-4-11/h1-6,18H,7,17H2. The van der Waals surface area contributed by atoms with Gasteiger partial charge in [-0.15, -0.1) is 0 Å². The van der Waals surface area contributed by atoms with Gasteiger partial charge in [-0.1, -0.05) is 11.6 Å². The second-order valence-electron chi connectivity index (χ2n) is 4.19. The minimum atomic E-state index is -4.08.